The Bertz CT molecular complexity index is 1130. The molecule has 3 aromatic rings. The van der Waals surface area contributed by atoms with Crippen LogP contribution in [-0.2, 0) is 0 Å². The van der Waals surface area contributed by atoms with Crippen LogP contribution in [0, 0.1) is 17.6 Å². The van der Waals surface area contributed by atoms with Crippen LogP contribution in [-0.4, -0.2) is 27.9 Å². The highest BCUT2D eigenvalue weighted by Crippen LogP contribution is 2.37. The normalized spacial score (nSPS) is 16.5. The van der Waals surface area contributed by atoms with Gasteiger partial charge in [0.1, 0.15) is 17.5 Å². The van der Waals surface area contributed by atoms with E-state index in [0.29, 0.717) is 30.5 Å². The highest BCUT2D eigenvalue weighted by Gasteiger charge is 2.35. The molecule has 0 atom stereocenters. The number of hydrogen-bond acceptors (Lipinski definition) is 3. The number of amides is 1. The van der Waals surface area contributed by atoms with Crippen LogP contribution in [0.3, 0.4) is 0 Å². The Morgan fingerprint density at radius 1 is 1.03 bits per heavy atom. The third kappa shape index (κ3) is 6.06. The number of benzene rings is 2. The second-order valence-corrected chi connectivity index (χ2v) is 8.17. The Hall–Kier alpha value is -3.49. The summed E-state index contributed by atoms with van der Waals surface area (Å²) in [4.78, 5) is 17.1. The lowest BCUT2D eigenvalue weighted by atomic mass is 9.84. The van der Waals surface area contributed by atoms with Crippen LogP contribution in [0.5, 0.6) is 0 Å². The van der Waals surface area contributed by atoms with Crippen LogP contribution in [0.15, 0.2) is 59.6 Å². The number of carbonyl (C=O) groups is 1. The van der Waals surface area contributed by atoms with Crippen LogP contribution < -0.4 is 5.32 Å². The molecule has 0 saturated heterocycles. The maximum atomic E-state index is 13.5. The van der Waals surface area contributed by atoms with Gasteiger partial charge in [-0.05, 0) is 72.9 Å². The molecule has 1 aliphatic rings. The number of aromatic amines is 1. The molecule has 5 nitrogen and oxygen atoms in total. The fourth-order valence-electron chi connectivity index (χ4n) is 3.79. The zero-order chi connectivity index (χ0) is 23.4. The van der Waals surface area contributed by atoms with E-state index in [1.807, 2.05) is 0 Å². The van der Waals surface area contributed by atoms with Crippen molar-refractivity contribution in [3.8, 4) is 11.3 Å². The third-order valence-corrected chi connectivity index (χ3v) is 5.65. The van der Waals surface area contributed by atoms with Gasteiger partial charge in [0.05, 0.1) is 5.69 Å². The van der Waals surface area contributed by atoms with Gasteiger partial charge in [0, 0.05) is 30.9 Å². The molecule has 2 N–H and O–H groups in total. The van der Waals surface area contributed by atoms with Crippen LogP contribution in [0.25, 0.3) is 11.3 Å². The Morgan fingerprint density at radius 3 is 2.27 bits per heavy atom. The molecule has 0 unspecified atom stereocenters. The summed E-state index contributed by atoms with van der Waals surface area (Å²) in [5.74, 6) is -3.45. The number of hydrogen-bond donors (Lipinski definition) is 2. The zero-order valence-electron chi connectivity index (χ0n) is 17.6. The Kier molecular flexibility index (Phi) is 6.57. The SMILES string of the molecule is O=C(NC(CC1CCC(F)(F)CC1)=Nc1cc(-c2ccc(F)cc2)[nH]n1)c1ccc(F)cc1. The predicted molar refractivity (Wildman–Crippen MR) is 116 cm³/mol. The molecule has 4 rings (SSSR count). The molecule has 1 amide bonds. The molecule has 9 heteroatoms. The number of amidine groups is 1. The molecule has 33 heavy (non-hydrogen) atoms. The van der Waals surface area contributed by atoms with E-state index in [2.05, 4.69) is 20.5 Å². The largest absolute Gasteiger partial charge is 0.310 e. The minimum Gasteiger partial charge on any atom is -0.310 e. The summed E-state index contributed by atoms with van der Waals surface area (Å²) in [6.45, 7) is 0. The van der Waals surface area contributed by atoms with Crippen LogP contribution in [0.2, 0.25) is 0 Å². The summed E-state index contributed by atoms with van der Waals surface area (Å²) in [6.07, 6.45) is 0.531. The number of halogens is 4. The second-order valence-electron chi connectivity index (χ2n) is 8.17. The number of H-pyrrole nitrogens is 1. The van der Waals surface area contributed by atoms with Crippen molar-refractivity contribution in [2.75, 3.05) is 0 Å². The van der Waals surface area contributed by atoms with Crippen molar-refractivity contribution in [1.29, 1.82) is 0 Å². The van der Waals surface area contributed by atoms with E-state index in [1.165, 1.54) is 36.4 Å². The summed E-state index contributed by atoms with van der Waals surface area (Å²) >= 11 is 0. The summed E-state index contributed by atoms with van der Waals surface area (Å²) < 4.78 is 53.5. The van der Waals surface area contributed by atoms with Gasteiger partial charge in [0.25, 0.3) is 5.91 Å². The van der Waals surface area contributed by atoms with E-state index in [9.17, 15) is 22.4 Å². The minimum atomic E-state index is -2.66. The summed E-state index contributed by atoms with van der Waals surface area (Å²) in [5.41, 5.74) is 1.56. The van der Waals surface area contributed by atoms with Crippen molar-refractivity contribution in [3.05, 3.63) is 71.8 Å². The first-order chi connectivity index (χ1) is 15.8. The molecule has 2 aromatic carbocycles. The Balaban J connectivity index is 1.55. The van der Waals surface area contributed by atoms with Crippen molar-refractivity contribution in [1.82, 2.24) is 15.5 Å². The zero-order valence-corrected chi connectivity index (χ0v) is 17.6. The van der Waals surface area contributed by atoms with E-state index in [1.54, 1.807) is 18.2 Å². The number of nitrogens with one attached hydrogen (secondary N) is 2. The van der Waals surface area contributed by atoms with Gasteiger partial charge in [-0.2, -0.15) is 5.10 Å². The molecule has 0 aliphatic heterocycles. The van der Waals surface area contributed by atoms with Gasteiger partial charge in [0.15, 0.2) is 5.82 Å². The molecule has 0 spiro atoms. The Labute approximate surface area is 187 Å². The van der Waals surface area contributed by atoms with E-state index >= 15 is 0 Å². The van der Waals surface area contributed by atoms with E-state index in [4.69, 9.17) is 0 Å². The van der Waals surface area contributed by atoms with E-state index in [0.717, 1.165) is 0 Å². The van der Waals surface area contributed by atoms with Crippen molar-refractivity contribution in [2.24, 2.45) is 10.9 Å². The molecular weight excluding hydrogens is 436 g/mol. The van der Waals surface area contributed by atoms with Gasteiger partial charge in [-0.1, -0.05) is 0 Å². The average Bonchev–Trinajstić information content (AvgIpc) is 3.24. The summed E-state index contributed by atoms with van der Waals surface area (Å²) in [5, 5.41) is 9.68. The van der Waals surface area contributed by atoms with Crippen molar-refractivity contribution in [3.63, 3.8) is 0 Å². The maximum absolute atomic E-state index is 13.5. The number of rotatable bonds is 5. The molecule has 1 aliphatic carbocycles. The average molecular weight is 458 g/mol. The molecule has 0 radical (unpaired) electrons. The molecule has 1 heterocycles. The molecule has 1 saturated carbocycles. The van der Waals surface area contributed by atoms with Gasteiger partial charge >= 0.3 is 0 Å². The smallest absolute Gasteiger partial charge is 0.256 e. The number of alkyl halides is 2. The first-order valence-corrected chi connectivity index (χ1v) is 10.6. The number of aromatic nitrogens is 2. The maximum Gasteiger partial charge on any atom is 0.256 e. The summed E-state index contributed by atoms with van der Waals surface area (Å²) in [6, 6.07) is 12.5. The standard InChI is InChI=1S/C24H22F4N4O/c25-18-5-1-16(2-6-18)20-14-22(32-31-20)29-21(13-15-9-11-24(27,28)12-10-15)30-23(33)17-3-7-19(26)8-4-17/h1-8,14-15H,9-13H2,(H2,29,30,31,32,33). The monoisotopic (exact) mass is 458 g/mol. The van der Waals surface area contributed by atoms with E-state index in [-0.39, 0.29) is 41.8 Å². The number of aliphatic imine (C=N–C) groups is 1. The predicted octanol–water partition coefficient (Wildman–Crippen LogP) is 6.03. The molecule has 1 fully saturated rings. The van der Waals surface area contributed by atoms with Gasteiger partial charge in [-0.3, -0.25) is 9.89 Å². The molecule has 1 aromatic heterocycles. The van der Waals surface area contributed by atoms with Crippen molar-refractivity contribution < 1.29 is 22.4 Å². The van der Waals surface area contributed by atoms with Crippen molar-refractivity contribution in [2.45, 2.75) is 38.0 Å². The first-order valence-electron chi connectivity index (χ1n) is 10.6. The van der Waals surface area contributed by atoms with Gasteiger partial charge in [-0.25, -0.2) is 22.6 Å². The van der Waals surface area contributed by atoms with Gasteiger partial charge in [0.2, 0.25) is 5.92 Å². The molecule has 0 bridgehead atoms. The van der Waals surface area contributed by atoms with Gasteiger partial charge in [-0.15, -0.1) is 0 Å². The number of carbonyl (C=O) groups excluding carboxylic acids is 1. The first kappa shape index (κ1) is 22.7. The van der Waals surface area contributed by atoms with Crippen LogP contribution in [0.4, 0.5) is 23.4 Å². The lowest BCUT2D eigenvalue weighted by Crippen LogP contribution is -2.34. The number of nitrogens with zero attached hydrogens (tertiary/aromatic N) is 2. The second kappa shape index (κ2) is 9.56. The highest BCUT2D eigenvalue weighted by atomic mass is 19.3. The van der Waals surface area contributed by atoms with E-state index < -0.39 is 17.6 Å². The van der Waals surface area contributed by atoms with Crippen molar-refractivity contribution >= 4 is 17.6 Å². The van der Waals surface area contributed by atoms with Crippen LogP contribution in [0.1, 0.15) is 42.5 Å². The highest BCUT2D eigenvalue weighted by molar-refractivity contribution is 6.07. The molecule has 172 valence electrons. The quantitative estimate of drug-likeness (QED) is 0.278. The fraction of sp³-hybridized carbons (Fsp3) is 0.292. The lowest BCUT2D eigenvalue weighted by molar-refractivity contribution is -0.0450. The third-order valence-electron chi connectivity index (χ3n) is 5.65. The Morgan fingerprint density at radius 2 is 1.64 bits per heavy atom. The lowest BCUT2D eigenvalue weighted by Gasteiger charge is -2.28. The van der Waals surface area contributed by atoms with Gasteiger partial charge < -0.3 is 5.32 Å². The topological polar surface area (TPSA) is 70.1 Å². The minimum absolute atomic E-state index is 0.0626. The van der Waals surface area contributed by atoms with Crippen LogP contribution >= 0.6 is 0 Å². The fourth-order valence-corrected chi connectivity index (χ4v) is 3.79. The summed E-state index contributed by atoms with van der Waals surface area (Å²) in [7, 11) is 0. The molecular formula is C24H22F4N4O.